The van der Waals surface area contributed by atoms with Crippen LogP contribution in [0.3, 0.4) is 0 Å². The van der Waals surface area contributed by atoms with E-state index < -0.39 is 5.60 Å². The Bertz CT molecular complexity index is 547. The van der Waals surface area contributed by atoms with Gasteiger partial charge in [-0.1, -0.05) is 6.07 Å². The van der Waals surface area contributed by atoms with Gasteiger partial charge in [0.2, 0.25) is 0 Å². The first-order valence-electron chi connectivity index (χ1n) is 7.10. The monoisotopic (exact) mass is 275 g/mol. The third kappa shape index (κ3) is 2.03. The molecule has 0 N–H and O–H groups in total. The smallest absolute Gasteiger partial charge is 0.411 e. The van der Waals surface area contributed by atoms with Gasteiger partial charge in [-0.25, -0.2) is 4.79 Å². The van der Waals surface area contributed by atoms with E-state index in [-0.39, 0.29) is 18.2 Å². The van der Waals surface area contributed by atoms with Crippen LogP contribution < -0.4 is 4.74 Å². The number of hydrogen-bond acceptors (Lipinski definition) is 3. The molecule has 0 spiro atoms. The summed E-state index contributed by atoms with van der Waals surface area (Å²) in [4.78, 5) is 14.3. The molecule has 3 rings (SSSR count). The Balaban J connectivity index is 1.89. The molecule has 0 aliphatic carbocycles. The molecule has 1 saturated heterocycles. The number of carbonyl (C=O) groups is 1. The van der Waals surface area contributed by atoms with Gasteiger partial charge in [-0.3, -0.25) is 4.90 Å². The lowest BCUT2D eigenvalue weighted by molar-refractivity contribution is 0.0177. The van der Waals surface area contributed by atoms with Gasteiger partial charge in [-0.15, -0.1) is 0 Å². The van der Waals surface area contributed by atoms with Crippen LogP contribution in [0.5, 0.6) is 5.75 Å². The molecule has 4 heteroatoms. The maximum absolute atomic E-state index is 12.4. The number of hydrogen-bond donors (Lipinski definition) is 0. The lowest BCUT2D eigenvalue weighted by atomic mass is 9.92. The van der Waals surface area contributed by atoms with Gasteiger partial charge in [0.1, 0.15) is 11.4 Å². The Morgan fingerprint density at radius 2 is 1.85 bits per heavy atom. The molecular weight excluding hydrogens is 254 g/mol. The Kier molecular flexibility index (Phi) is 2.92. The van der Waals surface area contributed by atoms with Crippen LogP contribution in [0.15, 0.2) is 18.2 Å². The Morgan fingerprint density at radius 1 is 1.20 bits per heavy atom. The third-order valence-corrected chi connectivity index (χ3v) is 4.00. The first kappa shape index (κ1) is 13.3. The van der Waals surface area contributed by atoms with Crippen LogP contribution >= 0.6 is 0 Å². The van der Waals surface area contributed by atoms with Crippen LogP contribution in [0.4, 0.5) is 4.79 Å². The number of ether oxygens (including phenoxy) is 2. The summed E-state index contributed by atoms with van der Waals surface area (Å²) in [7, 11) is 1.67. The van der Waals surface area contributed by atoms with Crippen molar-refractivity contribution in [2.75, 3.05) is 7.11 Å². The van der Waals surface area contributed by atoms with Crippen molar-refractivity contribution in [3.05, 3.63) is 29.3 Å². The van der Waals surface area contributed by atoms with E-state index in [0.29, 0.717) is 0 Å². The standard InChI is InChI=1S/C16H21NO3/c1-16(2,3)20-15(18)17-13-7-8-14(17)12-9-10(19-4)5-6-11(12)13/h5-6,9,13-14H,7-8H2,1-4H3. The Labute approximate surface area is 119 Å². The van der Waals surface area contributed by atoms with Crippen molar-refractivity contribution in [1.82, 2.24) is 4.90 Å². The minimum atomic E-state index is -0.455. The summed E-state index contributed by atoms with van der Waals surface area (Å²) in [6, 6.07) is 6.40. The second-order valence-electron chi connectivity index (χ2n) is 6.49. The Morgan fingerprint density at radius 3 is 2.45 bits per heavy atom. The Hall–Kier alpha value is -1.71. The van der Waals surface area contributed by atoms with Gasteiger partial charge in [-0.05, 0) is 56.9 Å². The van der Waals surface area contributed by atoms with Crippen molar-refractivity contribution in [3.63, 3.8) is 0 Å². The van der Waals surface area contributed by atoms with Gasteiger partial charge in [-0.2, -0.15) is 0 Å². The van der Waals surface area contributed by atoms with Crippen LogP contribution in [0.25, 0.3) is 0 Å². The normalized spacial score (nSPS) is 23.7. The topological polar surface area (TPSA) is 38.8 Å². The molecule has 2 aliphatic heterocycles. The van der Waals surface area contributed by atoms with Crippen LogP contribution in [-0.4, -0.2) is 23.7 Å². The summed E-state index contributed by atoms with van der Waals surface area (Å²) in [6.45, 7) is 5.71. The summed E-state index contributed by atoms with van der Waals surface area (Å²) in [5.41, 5.74) is 2.00. The average molecular weight is 275 g/mol. The fourth-order valence-corrected chi connectivity index (χ4v) is 3.26. The molecule has 20 heavy (non-hydrogen) atoms. The van der Waals surface area contributed by atoms with Crippen molar-refractivity contribution in [2.24, 2.45) is 0 Å². The van der Waals surface area contributed by atoms with Crippen LogP contribution in [-0.2, 0) is 4.74 Å². The van der Waals surface area contributed by atoms with Crippen molar-refractivity contribution < 1.29 is 14.3 Å². The minimum Gasteiger partial charge on any atom is -0.497 e. The minimum absolute atomic E-state index is 0.139. The number of methoxy groups -OCH3 is 1. The first-order chi connectivity index (χ1) is 9.40. The molecule has 4 nitrogen and oxygen atoms in total. The van der Waals surface area contributed by atoms with E-state index >= 15 is 0 Å². The van der Waals surface area contributed by atoms with Crippen molar-refractivity contribution in [3.8, 4) is 5.75 Å². The zero-order chi connectivity index (χ0) is 14.5. The highest BCUT2D eigenvalue weighted by Gasteiger charge is 2.47. The predicted molar refractivity (Wildman–Crippen MR) is 75.8 cm³/mol. The number of nitrogens with zero attached hydrogens (tertiary/aromatic N) is 1. The number of amides is 1. The molecule has 2 aliphatic rings. The van der Waals surface area contributed by atoms with Crippen molar-refractivity contribution in [2.45, 2.75) is 51.3 Å². The molecule has 1 fully saturated rings. The lowest BCUT2D eigenvalue weighted by Crippen LogP contribution is -2.34. The number of fused-ring (bicyclic) bond motifs is 5. The van der Waals surface area contributed by atoms with Crippen molar-refractivity contribution >= 4 is 6.09 Å². The van der Waals surface area contributed by atoms with E-state index in [9.17, 15) is 4.79 Å². The second-order valence-corrected chi connectivity index (χ2v) is 6.49. The van der Waals surface area contributed by atoms with Gasteiger partial charge in [0, 0.05) is 0 Å². The molecule has 2 unspecified atom stereocenters. The maximum atomic E-state index is 12.4. The van der Waals surface area contributed by atoms with E-state index in [4.69, 9.17) is 9.47 Å². The second kappa shape index (κ2) is 4.40. The van der Waals surface area contributed by atoms with Gasteiger partial charge in [0.05, 0.1) is 19.2 Å². The summed E-state index contributed by atoms with van der Waals surface area (Å²) in [6.07, 6.45) is 1.81. The van der Waals surface area contributed by atoms with Gasteiger partial charge in [0.15, 0.2) is 0 Å². The molecule has 1 aromatic carbocycles. The average Bonchev–Trinajstić information content (AvgIpc) is 2.92. The van der Waals surface area contributed by atoms with Crippen LogP contribution in [0.1, 0.15) is 56.8 Å². The van der Waals surface area contributed by atoms with Gasteiger partial charge < -0.3 is 9.47 Å². The highest BCUT2D eigenvalue weighted by Crippen LogP contribution is 2.54. The summed E-state index contributed by atoms with van der Waals surface area (Å²) in [5.74, 6) is 0.848. The first-order valence-corrected chi connectivity index (χ1v) is 7.10. The number of rotatable bonds is 1. The zero-order valence-electron chi connectivity index (χ0n) is 12.5. The maximum Gasteiger partial charge on any atom is 0.411 e. The van der Waals surface area contributed by atoms with Gasteiger partial charge in [0.25, 0.3) is 0 Å². The zero-order valence-corrected chi connectivity index (χ0v) is 12.5. The molecule has 1 aromatic rings. The van der Waals surface area contributed by atoms with E-state index in [1.165, 1.54) is 11.1 Å². The molecule has 2 heterocycles. The molecule has 2 atom stereocenters. The third-order valence-electron chi connectivity index (χ3n) is 4.00. The van der Waals surface area contributed by atoms with E-state index in [1.807, 2.05) is 31.7 Å². The molecular formula is C16H21NO3. The number of carbonyl (C=O) groups excluding carboxylic acids is 1. The van der Waals surface area contributed by atoms with Gasteiger partial charge >= 0.3 is 6.09 Å². The highest BCUT2D eigenvalue weighted by molar-refractivity contribution is 5.72. The largest absolute Gasteiger partial charge is 0.497 e. The summed E-state index contributed by atoms with van der Waals surface area (Å²) < 4.78 is 10.8. The summed E-state index contributed by atoms with van der Waals surface area (Å²) >= 11 is 0. The lowest BCUT2D eigenvalue weighted by Gasteiger charge is -2.27. The molecule has 1 amide bonds. The van der Waals surface area contributed by atoms with Crippen LogP contribution in [0, 0.1) is 0 Å². The van der Waals surface area contributed by atoms with Crippen molar-refractivity contribution in [1.29, 1.82) is 0 Å². The highest BCUT2D eigenvalue weighted by atomic mass is 16.6. The molecule has 108 valence electrons. The molecule has 2 bridgehead atoms. The van der Waals surface area contributed by atoms with E-state index in [0.717, 1.165) is 18.6 Å². The molecule has 0 saturated carbocycles. The summed E-state index contributed by atoms with van der Waals surface area (Å²) in [5, 5.41) is 0. The quantitative estimate of drug-likeness (QED) is 0.782. The predicted octanol–water partition coefficient (Wildman–Crippen LogP) is 3.82. The molecule has 0 aromatic heterocycles. The SMILES string of the molecule is COc1ccc2c(c1)C1CCC2N1C(=O)OC(C)(C)C. The van der Waals surface area contributed by atoms with Crippen LogP contribution in [0.2, 0.25) is 0 Å². The fourth-order valence-electron chi connectivity index (χ4n) is 3.26. The molecule has 0 radical (unpaired) electrons. The van der Waals surface area contributed by atoms with E-state index in [2.05, 4.69) is 12.1 Å². The van der Waals surface area contributed by atoms with E-state index in [1.54, 1.807) is 7.11 Å². The number of benzene rings is 1. The fraction of sp³-hybridized carbons (Fsp3) is 0.562.